The van der Waals surface area contributed by atoms with Crippen LogP contribution in [0.4, 0.5) is 5.69 Å². The summed E-state index contributed by atoms with van der Waals surface area (Å²) < 4.78 is 1.90. The molecule has 2 aliphatic heterocycles. The highest BCUT2D eigenvalue weighted by Crippen LogP contribution is 2.48. The molecule has 1 aromatic rings. The number of rotatable bonds is 2. The van der Waals surface area contributed by atoms with E-state index in [0.29, 0.717) is 11.7 Å². The van der Waals surface area contributed by atoms with Gasteiger partial charge in [-0.1, -0.05) is 0 Å². The molecule has 1 N–H and O–H groups in total. The van der Waals surface area contributed by atoms with Crippen molar-refractivity contribution >= 4 is 17.5 Å². The van der Waals surface area contributed by atoms with Gasteiger partial charge in [0.15, 0.2) is 0 Å². The number of hydrogen-bond donors (Lipinski definition) is 1. The Hall–Kier alpha value is -1.69. The second-order valence-corrected chi connectivity index (χ2v) is 5.62. The Labute approximate surface area is 110 Å². The second-order valence-electron chi connectivity index (χ2n) is 5.62. The lowest BCUT2D eigenvalue weighted by Crippen LogP contribution is -2.32. The van der Waals surface area contributed by atoms with E-state index in [9.17, 15) is 9.59 Å². The molecular weight excluding hydrogens is 244 g/mol. The zero-order chi connectivity index (χ0) is 13.0. The molecule has 2 unspecified atom stereocenters. The Morgan fingerprint density at radius 2 is 1.84 bits per heavy atom. The fraction of sp³-hybridized carbons (Fsp3) is 0.615. The number of hydrogen-bond acceptors (Lipinski definition) is 4. The predicted molar refractivity (Wildman–Crippen MR) is 67.5 cm³/mol. The third-order valence-electron chi connectivity index (χ3n) is 4.39. The zero-order valence-electron chi connectivity index (χ0n) is 10.6. The number of aromatic nitrogens is 2. The lowest BCUT2D eigenvalue weighted by atomic mass is 10.1. The molecule has 2 amide bonds. The van der Waals surface area contributed by atoms with Gasteiger partial charge < -0.3 is 5.32 Å². The molecule has 4 rings (SSSR count). The Morgan fingerprint density at radius 3 is 2.53 bits per heavy atom. The van der Waals surface area contributed by atoms with Crippen LogP contribution in [-0.2, 0) is 9.59 Å². The third-order valence-corrected chi connectivity index (χ3v) is 4.39. The van der Waals surface area contributed by atoms with Crippen molar-refractivity contribution in [1.82, 2.24) is 15.1 Å². The van der Waals surface area contributed by atoms with Crippen LogP contribution in [0.25, 0.3) is 0 Å². The molecule has 3 heterocycles. The monoisotopic (exact) mass is 260 g/mol. The van der Waals surface area contributed by atoms with Crippen LogP contribution >= 0.6 is 0 Å². The minimum absolute atomic E-state index is 0.0418. The quantitative estimate of drug-likeness (QED) is 0.777. The normalized spacial score (nSPS) is 30.8. The molecule has 0 radical (unpaired) electrons. The molecule has 100 valence electrons. The first kappa shape index (κ1) is 11.2. The van der Waals surface area contributed by atoms with Gasteiger partial charge in [0.25, 0.3) is 0 Å². The van der Waals surface area contributed by atoms with E-state index >= 15 is 0 Å². The second kappa shape index (κ2) is 3.90. The SMILES string of the molecule is O=C1C2CC2C(=O)N1c1cnn(C2CCNCC2)c1. The van der Waals surface area contributed by atoms with Gasteiger partial charge >= 0.3 is 0 Å². The first-order valence-electron chi connectivity index (χ1n) is 6.88. The zero-order valence-corrected chi connectivity index (χ0v) is 10.6. The summed E-state index contributed by atoms with van der Waals surface area (Å²) in [5.41, 5.74) is 0.640. The summed E-state index contributed by atoms with van der Waals surface area (Å²) in [4.78, 5) is 25.3. The van der Waals surface area contributed by atoms with Gasteiger partial charge in [0.05, 0.1) is 29.8 Å². The van der Waals surface area contributed by atoms with E-state index in [0.717, 1.165) is 32.4 Å². The Balaban J connectivity index is 1.58. The largest absolute Gasteiger partial charge is 0.317 e. The van der Waals surface area contributed by atoms with Gasteiger partial charge in [-0.3, -0.25) is 14.3 Å². The van der Waals surface area contributed by atoms with Crippen LogP contribution in [0.5, 0.6) is 0 Å². The summed E-state index contributed by atoms with van der Waals surface area (Å²) in [6.07, 6.45) is 6.30. The van der Waals surface area contributed by atoms with Gasteiger partial charge in [0.2, 0.25) is 11.8 Å². The molecule has 0 aromatic carbocycles. The number of piperidine rings is 2. The summed E-state index contributed by atoms with van der Waals surface area (Å²) in [6.45, 7) is 1.98. The van der Waals surface area contributed by atoms with E-state index in [2.05, 4.69) is 10.4 Å². The predicted octanol–water partition coefficient (Wildman–Crippen LogP) is 0.317. The van der Waals surface area contributed by atoms with Gasteiger partial charge in [-0.05, 0) is 32.4 Å². The molecule has 3 fully saturated rings. The fourth-order valence-electron chi connectivity index (χ4n) is 3.15. The van der Waals surface area contributed by atoms with Gasteiger partial charge in [-0.2, -0.15) is 5.10 Å². The van der Waals surface area contributed by atoms with Crippen LogP contribution in [0.3, 0.4) is 0 Å². The lowest BCUT2D eigenvalue weighted by Gasteiger charge is -2.22. The van der Waals surface area contributed by atoms with E-state index in [1.54, 1.807) is 6.20 Å². The Kier molecular flexibility index (Phi) is 2.29. The third kappa shape index (κ3) is 1.63. The summed E-state index contributed by atoms with van der Waals surface area (Å²) in [5.74, 6) is -0.177. The summed E-state index contributed by atoms with van der Waals surface area (Å²) in [6, 6.07) is 0.373. The molecule has 2 saturated heterocycles. The van der Waals surface area contributed by atoms with Crippen LogP contribution in [0.1, 0.15) is 25.3 Å². The lowest BCUT2D eigenvalue weighted by molar-refractivity contribution is -0.123. The van der Waals surface area contributed by atoms with Crippen molar-refractivity contribution in [2.24, 2.45) is 11.8 Å². The maximum absolute atomic E-state index is 12.0. The molecule has 2 atom stereocenters. The smallest absolute Gasteiger partial charge is 0.237 e. The van der Waals surface area contributed by atoms with E-state index in [4.69, 9.17) is 0 Å². The van der Waals surface area contributed by atoms with Crippen molar-refractivity contribution in [3.05, 3.63) is 12.4 Å². The Bertz CT molecular complexity index is 527. The molecule has 0 bridgehead atoms. The summed E-state index contributed by atoms with van der Waals surface area (Å²) in [5, 5.41) is 7.65. The maximum atomic E-state index is 12.0. The van der Waals surface area contributed by atoms with E-state index in [1.807, 2.05) is 10.9 Å². The average Bonchev–Trinajstić information content (AvgIpc) is 3.03. The molecule has 19 heavy (non-hydrogen) atoms. The van der Waals surface area contributed by atoms with Crippen molar-refractivity contribution in [3.63, 3.8) is 0 Å². The Morgan fingerprint density at radius 1 is 1.16 bits per heavy atom. The molecule has 3 aliphatic rings. The highest BCUT2D eigenvalue weighted by molar-refractivity contribution is 6.24. The highest BCUT2D eigenvalue weighted by Gasteiger charge is 2.59. The molecule has 1 aliphatic carbocycles. The number of amides is 2. The number of fused-ring (bicyclic) bond motifs is 1. The number of nitrogens with zero attached hydrogens (tertiary/aromatic N) is 3. The maximum Gasteiger partial charge on any atom is 0.237 e. The van der Waals surface area contributed by atoms with Crippen molar-refractivity contribution in [1.29, 1.82) is 0 Å². The van der Waals surface area contributed by atoms with Crippen LogP contribution in [0.2, 0.25) is 0 Å². The fourth-order valence-corrected chi connectivity index (χ4v) is 3.15. The molecule has 1 aromatic heterocycles. The van der Waals surface area contributed by atoms with E-state index in [1.165, 1.54) is 4.90 Å². The minimum atomic E-state index is -0.0465. The molecular formula is C13H16N4O2. The first-order chi connectivity index (χ1) is 9.25. The minimum Gasteiger partial charge on any atom is -0.317 e. The number of imide groups is 1. The standard InChI is InChI=1S/C13H16N4O2/c18-12-10-5-11(10)13(19)17(12)9-6-15-16(7-9)8-1-3-14-4-2-8/h6-8,10-11,14H,1-5H2. The number of nitrogens with one attached hydrogen (secondary N) is 1. The molecule has 0 spiro atoms. The van der Waals surface area contributed by atoms with Gasteiger partial charge in [-0.15, -0.1) is 0 Å². The molecule has 6 heteroatoms. The summed E-state index contributed by atoms with van der Waals surface area (Å²) in [7, 11) is 0. The topological polar surface area (TPSA) is 67.2 Å². The molecule has 6 nitrogen and oxygen atoms in total. The van der Waals surface area contributed by atoms with Crippen molar-refractivity contribution in [3.8, 4) is 0 Å². The highest BCUT2D eigenvalue weighted by atomic mass is 16.2. The van der Waals surface area contributed by atoms with Gasteiger partial charge in [-0.25, -0.2) is 4.90 Å². The van der Waals surface area contributed by atoms with Crippen molar-refractivity contribution in [2.75, 3.05) is 18.0 Å². The summed E-state index contributed by atoms with van der Waals surface area (Å²) >= 11 is 0. The van der Waals surface area contributed by atoms with E-state index in [-0.39, 0.29) is 23.7 Å². The van der Waals surface area contributed by atoms with Crippen LogP contribution in [0.15, 0.2) is 12.4 Å². The number of carbonyl (C=O) groups is 2. The van der Waals surface area contributed by atoms with Gasteiger partial charge in [0, 0.05) is 6.20 Å². The van der Waals surface area contributed by atoms with Crippen molar-refractivity contribution in [2.45, 2.75) is 25.3 Å². The van der Waals surface area contributed by atoms with Crippen molar-refractivity contribution < 1.29 is 9.59 Å². The number of anilines is 1. The van der Waals surface area contributed by atoms with Crippen LogP contribution in [-0.4, -0.2) is 34.7 Å². The number of carbonyl (C=O) groups excluding carboxylic acids is 2. The average molecular weight is 260 g/mol. The van der Waals surface area contributed by atoms with Gasteiger partial charge in [0.1, 0.15) is 0 Å². The molecule has 1 saturated carbocycles. The van der Waals surface area contributed by atoms with E-state index < -0.39 is 0 Å². The van der Waals surface area contributed by atoms with Crippen LogP contribution < -0.4 is 10.2 Å². The first-order valence-corrected chi connectivity index (χ1v) is 6.88. The van der Waals surface area contributed by atoms with Crippen LogP contribution in [0, 0.1) is 11.8 Å².